The fourth-order valence-electron chi connectivity index (χ4n) is 4.93. The Hall–Kier alpha value is -3.61. The first kappa shape index (κ1) is 23.1. The van der Waals surface area contributed by atoms with E-state index < -0.39 is 5.60 Å². The topological polar surface area (TPSA) is 70.6 Å². The number of fused-ring (bicyclic) bond motifs is 1. The van der Waals surface area contributed by atoms with E-state index in [1.165, 1.54) is 24.9 Å². The second kappa shape index (κ2) is 9.21. The van der Waals surface area contributed by atoms with E-state index in [0.29, 0.717) is 18.1 Å². The number of benzene rings is 1. The number of pyridine rings is 2. The number of carbonyl (C=O) groups excluding carboxylic acids is 1. The van der Waals surface area contributed by atoms with Crippen LogP contribution >= 0.6 is 0 Å². The number of anilines is 3. The van der Waals surface area contributed by atoms with E-state index in [0.717, 1.165) is 41.4 Å². The summed E-state index contributed by atoms with van der Waals surface area (Å²) in [6.45, 7) is 10.4. The molecule has 0 spiro atoms. The van der Waals surface area contributed by atoms with Crippen LogP contribution < -0.4 is 19.9 Å². The molecule has 3 aromatic rings. The second-order valence-corrected chi connectivity index (χ2v) is 10.1. The van der Waals surface area contributed by atoms with E-state index >= 15 is 0 Å². The number of piperidine rings is 1. The first-order chi connectivity index (χ1) is 16.8. The van der Waals surface area contributed by atoms with Crippen LogP contribution in [-0.4, -0.2) is 41.2 Å². The number of nitrogens with one attached hydrogen (secondary N) is 1. The first-order valence-electron chi connectivity index (χ1n) is 12.4. The molecule has 4 heterocycles. The average Bonchev–Trinajstić information content (AvgIpc) is 2.83. The highest BCUT2D eigenvalue weighted by Gasteiger charge is 2.36. The molecule has 1 saturated heterocycles. The minimum absolute atomic E-state index is 0.237. The highest BCUT2D eigenvalue weighted by molar-refractivity contribution is 6.02. The van der Waals surface area contributed by atoms with Crippen LogP contribution in [0.2, 0.25) is 0 Å². The van der Waals surface area contributed by atoms with Crippen LogP contribution in [0.5, 0.6) is 5.75 Å². The molecule has 35 heavy (non-hydrogen) atoms. The van der Waals surface area contributed by atoms with Crippen LogP contribution in [0.1, 0.15) is 44.5 Å². The number of aryl methyl sites for hydroxylation is 2. The maximum atomic E-state index is 13.4. The number of urea groups is 1. The van der Waals surface area contributed by atoms with Crippen LogP contribution in [-0.2, 0) is 0 Å². The zero-order valence-corrected chi connectivity index (χ0v) is 21.0. The second-order valence-electron chi connectivity index (χ2n) is 10.1. The molecule has 182 valence electrons. The fraction of sp³-hybridized carbons (Fsp3) is 0.393. The van der Waals surface area contributed by atoms with Gasteiger partial charge in [0.1, 0.15) is 5.60 Å². The van der Waals surface area contributed by atoms with E-state index in [-0.39, 0.29) is 6.03 Å². The average molecular weight is 472 g/mol. The van der Waals surface area contributed by atoms with Crippen LogP contribution in [0.4, 0.5) is 22.0 Å². The summed E-state index contributed by atoms with van der Waals surface area (Å²) in [5.41, 5.74) is 4.97. The first-order valence-corrected chi connectivity index (χ1v) is 12.4. The lowest BCUT2D eigenvalue weighted by molar-refractivity contribution is 0.106. The number of hydrogen-bond donors (Lipinski definition) is 1. The number of carbonyl (C=O) groups is 1. The Labute approximate surface area is 207 Å². The molecule has 5 rings (SSSR count). The molecule has 2 amide bonds. The molecular formula is C28H33N5O2. The molecule has 2 aliphatic rings. The Balaban J connectivity index is 1.47. The Morgan fingerprint density at radius 3 is 2.46 bits per heavy atom. The molecule has 0 aliphatic carbocycles. The van der Waals surface area contributed by atoms with Gasteiger partial charge in [-0.05, 0) is 83.4 Å². The maximum Gasteiger partial charge on any atom is 0.327 e. The molecule has 1 fully saturated rings. The highest BCUT2D eigenvalue weighted by Crippen LogP contribution is 2.38. The quantitative estimate of drug-likeness (QED) is 0.510. The van der Waals surface area contributed by atoms with Crippen molar-refractivity contribution in [1.29, 1.82) is 0 Å². The number of amides is 2. The SMILES string of the molecule is Cc1cc(NC(=O)N2CC(C)(C)Oc3ccc(-c4cccc(N5CCCCC5)c4)nc32)cc(C)n1. The minimum Gasteiger partial charge on any atom is -0.482 e. The zero-order valence-electron chi connectivity index (χ0n) is 21.0. The third-order valence-corrected chi connectivity index (χ3v) is 6.46. The van der Waals surface area contributed by atoms with Crippen molar-refractivity contribution >= 4 is 23.2 Å². The van der Waals surface area contributed by atoms with E-state index in [4.69, 9.17) is 9.72 Å². The normalized spacial score (nSPS) is 16.9. The number of nitrogens with zero attached hydrogens (tertiary/aromatic N) is 4. The Kier molecular flexibility index (Phi) is 6.09. The summed E-state index contributed by atoms with van der Waals surface area (Å²) < 4.78 is 6.20. The molecule has 0 radical (unpaired) electrons. The summed E-state index contributed by atoms with van der Waals surface area (Å²) in [7, 11) is 0. The highest BCUT2D eigenvalue weighted by atomic mass is 16.5. The number of aromatic nitrogens is 2. The van der Waals surface area contributed by atoms with Crippen molar-refractivity contribution in [2.45, 2.75) is 52.6 Å². The fourth-order valence-corrected chi connectivity index (χ4v) is 4.93. The molecular weight excluding hydrogens is 438 g/mol. The largest absolute Gasteiger partial charge is 0.482 e. The van der Waals surface area contributed by atoms with Crippen molar-refractivity contribution in [3.63, 3.8) is 0 Å². The van der Waals surface area contributed by atoms with Gasteiger partial charge in [0.2, 0.25) is 0 Å². The molecule has 0 saturated carbocycles. The molecule has 0 unspecified atom stereocenters. The standard InChI is InChI=1S/C28H33N5O2/c1-19-15-22(16-20(2)29-19)30-27(34)33-18-28(3,4)35-25-12-11-24(31-26(25)33)21-9-8-10-23(17-21)32-13-6-5-7-14-32/h8-12,15-17H,5-7,13-14,18H2,1-4H3,(H,29,30,34). The molecule has 2 aliphatic heterocycles. The van der Waals surface area contributed by atoms with Gasteiger partial charge in [0.05, 0.1) is 12.2 Å². The summed E-state index contributed by atoms with van der Waals surface area (Å²) in [5, 5.41) is 3.03. The van der Waals surface area contributed by atoms with Crippen molar-refractivity contribution in [3.05, 3.63) is 59.9 Å². The molecule has 2 aromatic heterocycles. The Bertz CT molecular complexity index is 1230. The molecule has 1 aromatic carbocycles. The van der Waals surface area contributed by atoms with Crippen LogP contribution in [0, 0.1) is 13.8 Å². The van der Waals surface area contributed by atoms with Crippen molar-refractivity contribution in [1.82, 2.24) is 9.97 Å². The van der Waals surface area contributed by atoms with Gasteiger partial charge in [-0.25, -0.2) is 9.78 Å². The van der Waals surface area contributed by atoms with E-state index in [9.17, 15) is 4.79 Å². The minimum atomic E-state index is -0.536. The molecule has 1 N–H and O–H groups in total. The van der Waals surface area contributed by atoms with E-state index in [1.807, 2.05) is 52.0 Å². The number of hydrogen-bond acceptors (Lipinski definition) is 5. The zero-order chi connectivity index (χ0) is 24.6. The third kappa shape index (κ3) is 5.09. The van der Waals surface area contributed by atoms with Gasteiger partial charge in [-0.2, -0.15) is 0 Å². The third-order valence-electron chi connectivity index (χ3n) is 6.46. The van der Waals surface area contributed by atoms with Crippen molar-refractivity contribution in [3.8, 4) is 17.0 Å². The number of rotatable bonds is 3. The van der Waals surface area contributed by atoms with Gasteiger partial charge < -0.3 is 15.0 Å². The van der Waals surface area contributed by atoms with Crippen LogP contribution in [0.25, 0.3) is 11.3 Å². The van der Waals surface area contributed by atoms with E-state index in [2.05, 4.69) is 39.5 Å². The summed E-state index contributed by atoms with van der Waals surface area (Å²) >= 11 is 0. The summed E-state index contributed by atoms with van der Waals surface area (Å²) in [5.74, 6) is 1.14. The van der Waals surface area contributed by atoms with Gasteiger partial charge >= 0.3 is 6.03 Å². The monoisotopic (exact) mass is 471 g/mol. The van der Waals surface area contributed by atoms with Crippen molar-refractivity contribution < 1.29 is 9.53 Å². The molecule has 7 heteroatoms. The van der Waals surface area contributed by atoms with Crippen LogP contribution in [0.15, 0.2) is 48.5 Å². The van der Waals surface area contributed by atoms with Crippen molar-refractivity contribution in [2.24, 2.45) is 0 Å². The molecule has 0 atom stereocenters. The lowest BCUT2D eigenvalue weighted by atomic mass is 10.1. The number of ether oxygens (including phenoxy) is 1. The predicted octanol–water partition coefficient (Wildman–Crippen LogP) is 5.96. The van der Waals surface area contributed by atoms with Crippen molar-refractivity contribution in [2.75, 3.05) is 34.8 Å². The van der Waals surface area contributed by atoms with Gasteiger partial charge in [-0.3, -0.25) is 9.88 Å². The predicted molar refractivity (Wildman–Crippen MR) is 141 cm³/mol. The van der Waals surface area contributed by atoms with Gasteiger partial charge in [-0.15, -0.1) is 0 Å². The lowest BCUT2D eigenvalue weighted by Crippen LogP contribution is -2.51. The molecule has 7 nitrogen and oxygen atoms in total. The lowest BCUT2D eigenvalue weighted by Gasteiger charge is -2.38. The Morgan fingerprint density at radius 2 is 1.71 bits per heavy atom. The van der Waals surface area contributed by atoms with Crippen LogP contribution in [0.3, 0.4) is 0 Å². The van der Waals surface area contributed by atoms with Gasteiger partial charge in [0.25, 0.3) is 0 Å². The smallest absolute Gasteiger partial charge is 0.327 e. The maximum absolute atomic E-state index is 13.4. The van der Waals surface area contributed by atoms with Gasteiger partial charge in [0.15, 0.2) is 11.6 Å². The molecule has 0 bridgehead atoms. The van der Waals surface area contributed by atoms with Gasteiger partial charge in [0, 0.05) is 41.4 Å². The Morgan fingerprint density at radius 1 is 0.971 bits per heavy atom. The van der Waals surface area contributed by atoms with E-state index in [1.54, 1.807) is 4.90 Å². The summed E-state index contributed by atoms with van der Waals surface area (Å²) in [6.07, 6.45) is 3.76. The summed E-state index contributed by atoms with van der Waals surface area (Å²) in [4.78, 5) is 26.9. The van der Waals surface area contributed by atoms with Gasteiger partial charge in [-0.1, -0.05) is 12.1 Å². The summed E-state index contributed by atoms with van der Waals surface area (Å²) in [6, 6.07) is 15.9.